The van der Waals surface area contributed by atoms with E-state index in [1.54, 1.807) is 0 Å². The van der Waals surface area contributed by atoms with Gasteiger partial charge in [-0.3, -0.25) is 4.79 Å². The maximum atomic E-state index is 10.3. The predicted molar refractivity (Wildman–Crippen MR) is 43.3 cm³/mol. The van der Waals surface area contributed by atoms with Crippen LogP contribution in [0.3, 0.4) is 0 Å². The van der Waals surface area contributed by atoms with Gasteiger partial charge in [-0.05, 0) is 10.4 Å². The summed E-state index contributed by atoms with van der Waals surface area (Å²) in [6.07, 6.45) is 0. The number of aliphatic hydroxyl groups excluding tert-OH is 1. The van der Waals surface area contributed by atoms with Crippen LogP contribution in [-0.2, 0) is 11.3 Å². The van der Waals surface area contributed by atoms with Gasteiger partial charge in [0.1, 0.15) is 6.54 Å². The van der Waals surface area contributed by atoms with E-state index in [1.165, 1.54) is 16.4 Å². The minimum absolute atomic E-state index is 0.00456. The highest BCUT2D eigenvalue weighted by atomic mass is 32.2. The molecule has 0 radical (unpaired) electrons. The van der Waals surface area contributed by atoms with Crippen LogP contribution < -0.4 is 0 Å². The third kappa shape index (κ3) is 2.99. The molecular weight excluding hydrogens is 196 g/mol. The number of tetrazole rings is 1. The van der Waals surface area contributed by atoms with E-state index < -0.39 is 5.97 Å². The highest BCUT2D eigenvalue weighted by Gasteiger charge is 2.08. The Balaban J connectivity index is 2.60. The lowest BCUT2D eigenvalue weighted by Gasteiger charge is -1.98. The Hall–Kier alpha value is -1.15. The normalized spacial score (nSPS) is 10.2. The van der Waals surface area contributed by atoms with Crippen molar-refractivity contribution in [3.63, 3.8) is 0 Å². The molecule has 1 rings (SSSR count). The maximum absolute atomic E-state index is 10.3. The van der Waals surface area contributed by atoms with E-state index in [4.69, 9.17) is 10.2 Å². The van der Waals surface area contributed by atoms with Gasteiger partial charge in [0.25, 0.3) is 0 Å². The quantitative estimate of drug-likeness (QED) is 0.583. The van der Waals surface area contributed by atoms with Gasteiger partial charge in [0.2, 0.25) is 5.16 Å². The van der Waals surface area contributed by atoms with E-state index in [2.05, 4.69) is 15.5 Å². The van der Waals surface area contributed by atoms with Crippen LogP contribution in [0.1, 0.15) is 0 Å². The van der Waals surface area contributed by atoms with Gasteiger partial charge < -0.3 is 10.2 Å². The van der Waals surface area contributed by atoms with Crippen LogP contribution in [0.5, 0.6) is 0 Å². The van der Waals surface area contributed by atoms with Crippen molar-refractivity contribution in [3.8, 4) is 0 Å². The number of thioether (sulfide) groups is 1. The Bertz CT molecular complexity index is 289. The van der Waals surface area contributed by atoms with E-state index >= 15 is 0 Å². The lowest BCUT2D eigenvalue weighted by atomic mass is 10.7. The lowest BCUT2D eigenvalue weighted by Crippen LogP contribution is -2.11. The van der Waals surface area contributed by atoms with Gasteiger partial charge >= 0.3 is 5.97 Å². The molecule has 1 aromatic heterocycles. The Morgan fingerprint density at radius 2 is 2.38 bits per heavy atom. The largest absolute Gasteiger partial charge is 0.480 e. The minimum atomic E-state index is -1.00. The van der Waals surface area contributed by atoms with Crippen molar-refractivity contribution >= 4 is 17.7 Å². The fourth-order valence-electron chi connectivity index (χ4n) is 0.664. The fraction of sp³-hybridized carbons (Fsp3) is 0.600. The molecule has 2 N–H and O–H groups in total. The smallest absolute Gasteiger partial charge is 0.325 e. The number of nitrogens with zero attached hydrogens (tertiary/aromatic N) is 4. The first-order valence-corrected chi connectivity index (χ1v) is 4.44. The SMILES string of the molecule is O=C(O)Cn1nnnc1SCCO. The van der Waals surface area contributed by atoms with Crippen molar-refractivity contribution in [2.45, 2.75) is 11.7 Å². The molecule has 0 fully saturated rings. The van der Waals surface area contributed by atoms with Crippen LogP contribution in [0, 0.1) is 0 Å². The molecule has 0 unspecified atom stereocenters. The molecule has 0 atom stereocenters. The summed E-state index contributed by atoms with van der Waals surface area (Å²) in [4.78, 5) is 10.3. The monoisotopic (exact) mass is 204 g/mol. The summed E-state index contributed by atoms with van der Waals surface area (Å²) < 4.78 is 1.17. The van der Waals surface area contributed by atoms with Crippen molar-refractivity contribution in [1.82, 2.24) is 20.2 Å². The fourth-order valence-corrected chi connectivity index (χ4v) is 1.28. The molecular formula is C5H8N4O3S. The molecule has 0 aliphatic carbocycles. The van der Waals surface area contributed by atoms with Crippen LogP contribution in [0.15, 0.2) is 5.16 Å². The predicted octanol–water partition coefficient (Wildman–Crippen LogP) is -1.16. The molecule has 0 saturated heterocycles. The molecule has 8 heteroatoms. The van der Waals surface area contributed by atoms with E-state index in [0.29, 0.717) is 10.9 Å². The molecule has 0 bridgehead atoms. The molecule has 0 aliphatic heterocycles. The second-order valence-electron chi connectivity index (χ2n) is 2.08. The number of carboxylic acid groups (broad SMARTS) is 1. The number of carbonyl (C=O) groups is 1. The molecule has 72 valence electrons. The first kappa shape index (κ1) is 9.93. The zero-order chi connectivity index (χ0) is 9.68. The summed E-state index contributed by atoms with van der Waals surface area (Å²) in [6.45, 7) is -0.259. The Kier molecular flexibility index (Phi) is 3.65. The summed E-state index contributed by atoms with van der Waals surface area (Å²) in [7, 11) is 0. The first-order valence-electron chi connectivity index (χ1n) is 3.45. The second-order valence-corrected chi connectivity index (χ2v) is 3.15. The van der Waals surface area contributed by atoms with Gasteiger partial charge in [0.15, 0.2) is 0 Å². The topological polar surface area (TPSA) is 101 Å². The van der Waals surface area contributed by atoms with Crippen LogP contribution in [0.2, 0.25) is 0 Å². The van der Waals surface area contributed by atoms with Gasteiger partial charge in [-0.2, -0.15) is 0 Å². The third-order valence-electron chi connectivity index (χ3n) is 1.11. The molecule has 7 nitrogen and oxygen atoms in total. The molecule has 0 amide bonds. The third-order valence-corrected chi connectivity index (χ3v) is 2.04. The average molecular weight is 204 g/mol. The molecule has 0 aliphatic rings. The highest BCUT2D eigenvalue weighted by molar-refractivity contribution is 7.99. The van der Waals surface area contributed by atoms with Crippen molar-refractivity contribution in [2.75, 3.05) is 12.4 Å². The number of aliphatic hydroxyl groups is 1. The van der Waals surface area contributed by atoms with E-state index in [1.807, 2.05) is 0 Å². The summed E-state index contributed by atoms with van der Waals surface area (Å²) in [5.74, 6) is -0.557. The lowest BCUT2D eigenvalue weighted by molar-refractivity contribution is -0.138. The zero-order valence-electron chi connectivity index (χ0n) is 6.62. The van der Waals surface area contributed by atoms with Crippen molar-refractivity contribution in [3.05, 3.63) is 0 Å². The Morgan fingerprint density at radius 3 is 3.00 bits per heavy atom. The van der Waals surface area contributed by atoms with Crippen LogP contribution in [0.4, 0.5) is 0 Å². The van der Waals surface area contributed by atoms with Crippen LogP contribution in [0.25, 0.3) is 0 Å². The van der Waals surface area contributed by atoms with Gasteiger partial charge in [-0.15, -0.1) is 5.10 Å². The summed E-state index contributed by atoms with van der Waals surface area (Å²) in [6, 6.07) is 0. The second kappa shape index (κ2) is 4.77. The van der Waals surface area contributed by atoms with E-state index in [-0.39, 0.29) is 13.2 Å². The number of aliphatic carboxylic acids is 1. The number of aromatic nitrogens is 4. The van der Waals surface area contributed by atoms with E-state index in [9.17, 15) is 4.79 Å². The average Bonchev–Trinajstić information content (AvgIpc) is 2.48. The van der Waals surface area contributed by atoms with E-state index in [0.717, 1.165) is 0 Å². The Morgan fingerprint density at radius 1 is 1.62 bits per heavy atom. The number of rotatable bonds is 5. The zero-order valence-corrected chi connectivity index (χ0v) is 7.44. The van der Waals surface area contributed by atoms with Crippen molar-refractivity contribution < 1.29 is 15.0 Å². The van der Waals surface area contributed by atoms with Crippen LogP contribution >= 0.6 is 11.8 Å². The van der Waals surface area contributed by atoms with Crippen molar-refractivity contribution in [2.24, 2.45) is 0 Å². The molecule has 0 spiro atoms. The summed E-state index contributed by atoms with van der Waals surface area (Å²) in [5.41, 5.74) is 0. The molecule has 1 heterocycles. The molecule has 13 heavy (non-hydrogen) atoms. The summed E-state index contributed by atoms with van der Waals surface area (Å²) in [5, 5.41) is 27.8. The van der Waals surface area contributed by atoms with Crippen molar-refractivity contribution in [1.29, 1.82) is 0 Å². The highest BCUT2D eigenvalue weighted by Crippen LogP contribution is 2.11. The number of hydrogen-bond acceptors (Lipinski definition) is 6. The maximum Gasteiger partial charge on any atom is 0.325 e. The van der Waals surface area contributed by atoms with Gasteiger partial charge in [0.05, 0.1) is 6.61 Å². The molecule has 0 aromatic carbocycles. The number of carboxylic acids is 1. The van der Waals surface area contributed by atoms with Gasteiger partial charge in [0, 0.05) is 5.75 Å². The molecule has 1 aromatic rings. The molecule has 0 saturated carbocycles. The minimum Gasteiger partial charge on any atom is -0.480 e. The Labute approximate surface area is 77.7 Å². The standard InChI is InChI=1S/C5H8N4O3S/c10-1-2-13-5-6-7-8-9(5)3-4(11)12/h10H,1-3H2,(H,11,12). The van der Waals surface area contributed by atoms with Crippen LogP contribution in [-0.4, -0.2) is 48.7 Å². The van der Waals surface area contributed by atoms with Gasteiger partial charge in [-0.25, -0.2) is 4.68 Å². The number of hydrogen-bond donors (Lipinski definition) is 2. The summed E-state index contributed by atoms with van der Waals surface area (Å²) >= 11 is 1.21. The first-order chi connectivity index (χ1) is 6.24. The van der Waals surface area contributed by atoms with Gasteiger partial charge in [-0.1, -0.05) is 11.8 Å².